The van der Waals surface area contributed by atoms with E-state index in [1.165, 1.54) is 0 Å². The van der Waals surface area contributed by atoms with Crippen molar-refractivity contribution < 1.29 is 4.79 Å². The fourth-order valence-corrected chi connectivity index (χ4v) is 2.12. The molecule has 3 nitrogen and oxygen atoms in total. The van der Waals surface area contributed by atoms with E-state index in [2.05, 4.69) is 17.6 Å². The summed E-state index contributed by atoms with van der Waals surface area (Å²) in [6.45, 7) is 2.07. The van der Waals surface area contributed by atoms with Gasteiger partial charge in [-0.2, -0.15) is 0 Å². The van der Waals surface area contributed by atoms with E-state index >= 15 is 0 Å². The van der Waals surface area contributed by atoms with Crippen LogP contribution in [0, 0.1) is 0 Å². The number of benzene rings is 2. The minimum absolute atomic E-state index is 0.00644. The highest BCUT2D eigenvalue weighted by Crippen LogP contribution is 2.22. The van der Waals surface area contributed by atoms with Crippen molar-refractivity contribution in [3.05, 3.63) is 65.7 Å². The maximum absolute atomic E-state index is 12.1. The van der Waals surface area contributed by atoms with Crippen molar-refractivity contribution in [2.24, 2.45) is 0 Å². The molecule has 0 spiro atoms. The first kappa shape index (κ1) is 14.3. The molecule has 0 aliphatic heterocycles. The van der Waals surface area contributed by atoms with E-state index in [1.807, 2.05) is 61.6 Å². The molecule has 104 valence electrons. The second-order valence-electron chi connectivity index (χ2n) is 4.81. The summed E-state index contributed by atoms with van der Waals surface area (Å²) in [6.07, 6.45) is 0.392. The van der Waals surface area contributed by atoms with Crippen molar-refractivity contribution >= 4 is 11.6 Å². The third-order valence-electron chi connectivity index (χ3n) is 3.34. The molecule has 0 saturated heterocycles. The second-order valence-corrected chi connectivity index (χ2v) is 4.81. The molecule has 0 heterocycles. The maximum Gasteiger partial charge on any atom is 0.228 e. The Kier molecular flexibility index (Phi) is 4.91. The Morgan fingerprint density at radius 3 is 2.40 bits per heavy atom. The summed E-state index contributed by atoms with van der Waals surface area (Å²) in [7, 11) is 1.91. The molecule has 0 aromatic heterocycles. The van der Waals surface area contributed by atoms with Gasteiger partial charge in [-0.15, -0.1) is 0 Å². The van der Waals surface area contributed by atoms with Crippen molar-refractivity contribution in [2.75, 3.05) is 12.4 Å². The summed E-state index contributed by atoms with van der Waals surface area (Å²) < 4.78 is 0. The first-order valence-electron chi connectivity index (χ1n) is 6.80. The highest BCUT2D eigenvalue weighted by molar-refractivity contribution is 5.93. The van der Waals surface area contributed by atoms with Crippen LogP contribution in [0.2, 0.25) is 0 Å². The average Bonchev–Trinajstić information content (AvgIpc) is 2.48. The number of carbonyl (C=O) groups excluding carboxylic acids is 1. The predicted molar refractivity (Wildman–Crippen MR) is 82.7 cm³/mol. The van der Waals surface area contributed by atoms with Crippen molar-refractivity contribution in [2.45, 2.75) is 19.4 Å². The van der Waals surface area contributed by atoms with Gasteiger partial charge in [0.1, 0.15) is 0 Å². The highest BCUT2D eigenvalue weighted by atomic mass is 16.1. The quantitative estimate of drug-likeness (QED) is 0.874. The number of nitrogens with one attached hydrogen (secondary N) is 2. The van der Waals surface area contributed by atoms with Crippen molar-refractivity contribution in [1.29, 1.82) is 0 Å². The molecule has 0 fully saturated rings. The SMILES string of the molecule is CNC(C)c1ccccc1NC(=O)Cc1ccccc1. The number of anilines is 1. The van der Waals surface area contributed by atoms with Gasteiger partial charge in [-0.1, -0.05) is 48.5 Å². The van der Waals surface area contributed by atoms with Gasteiger partial charge in [-0.25, -0.2) is 0 Å². The van der Waals surface area contributed by atoms with Crippen molar-refractivity contribution in [3.8, 4) is 0 Å². The van der Waals surface area contributed by atoms with Gasteiger partial charge < -0.3 is 10.6 Å². The van der Waals surface area contributed by atoms with Crippen molar-refractivity contribution in [1.82, 2.24) is 5.32 Å². The molecule has 20 heavy (non-hydrogen) atoms. The molecule has 0 saturated carbocycles. The lowest BCUT2D eigenvalue weighted by Gasteiger charge is -2.16. The van der Waals surface area contributed by atoms with Crippen LogP contribution in [0.1, 0.15) is 24.1 Å². The molecule has 2 N–H and O–H groups in total. The van der Waals surface area contributed by atoms with Crippen LogP contribution in [-0.4, -0.2) is 13.0 Å². The minimum atomic E-state index is 0.00644. The molecule has 2 aromatic carbocycles. The zero-order valence-electron chi connectivity index (χ0n) is 11.9. The topological polar surface area (TPSA) is 41.1 Å². The zero-order chi connectivity index (χ0) is 14.4. The van der Waals surface area contributed by atoms with E-state index in [4.69, 9.17) is 0 Å². The van der Waals surface area contributed by atoms with Gasteiger partial charge in [0.15, 0.2) is 0 Å². The first-order valence-corrected chi connectivity index (χ1v) is 6.80. The van der Waals surface area contributed by atoms with E-state index in [1.54, 1.807) is 0 Å². The van der Waals surface area contributed by atoms with Gasteiger partial charge in [0.2, 0.25) is 5.91 Å². The van der Waals surface area contributed by atoms with Crippen LogP contribution in [0.25, 0.3) is 0 Å². The van der Waals surface area contributed by atoms with E-state index in [0.717, 1.165) is 16.8 Å². The van der Waals surface area contributed by atoms with Gasteiger partial charge in [0, 0.05) is 11.7 Å². The number of hydrogen-bond donors (Lipinski definition) is 2. The molecule has 0 aliphatic rings. The zero-order valence-corrected chi connectivity index (χ0v) is 11.9. The molecule has 2 aromatic rings. The molecular formula is C17H20N2O. The van der Waals surface area contributed by atoms with Crippen LogP contribution in [-0.2, 0) is 11.2 Å². The van der Waals surface area contributed by atoms with Gasteiger partial charge in [-0.05, 0) is 31.2 Å². The second kappa shape index (κ2) is 6.87. The first-order chi connectivity index (χ1) is 9.70. The Morgan fingerprint density at radius 1 is 1.05 bits per heavy atom. The fourth-order valence-electron chi connectivity index (χ4n) is 2.12. The maximum atomic E-state index is 12.1. The average molecular weight is 268 g/mol. The lowest BCUT2D eigenvalue weighted by atomic mass is 10.1. The summed E-state index contributed by atoms with van der Waals surface area (Å²) in [5, 5.41) is 6.19. The normalized spacial score (nSPS) is 11.9. The molecular weight excluding hydrogens is 248 g/mol. The molecule has 1 amide bonds. The molecule has 0 bridgehead atoms. The Hall–Kier alpha value is -2.13. The monoisotopic (exact) mass is 268 g/mol. The molecule has 1 unspecified atom stereocenters. The minimum Gasteiger partial charge on any atom is -0.325 e. The number of hydrogen-bond acceptors (Lipinski definition) is 2. The largest absolute Gasteiger partial charge is 0.325 e. The number of para-hydroxylation sites is 1. The van der Waals surface area contributed by atoms with Crippen molar-refractivity contribution in [3.63, 3.8) is 0 Å². The Bertz CT molecular complexity index is 566. The fraction of sp³-hybridized carbons (Fsp3) is 0.235. The van der Waals surface area contributed by atoms with Crippen LogP contribution < -0.4 is 10.6 Å². The summed E-state index contributed by atoms with van der Waals surface area (Å²) >= 11 is 0. The molecule has 0 radical (unpaired) electrons. The van der Waals surface area contributed by atoms with E-state index in [9.17, 15) is 4.79 Å². The summed E-state index contributed by atoms with van der Waals surface area (Å²) in [6, 6.07) is 17.8. The lowest BCUT2D eigenvalue weighted by molar-refractivity contribution is -0.115. The van der Waals surface area contributed by atoms with E-state index < -0.39 is 0 Å². The molecule has 3 heteroatoms. The summed E-state index contributed by atoms with van der Waals surface area (Å²) in [4.78, 5) is 12.1. The molecule has 2 rings (SSSR count). The Balaban J connectivity index is 2.08. The van der Waals surface area contributed by atoms with Gasteiger partial charge in [-0.3, -0.25) is 4.79 Å². The third-order valence-corrected chi connectivity index (χ3v) is 3.34. The lowest BCUT2D eigenvalue weighted by Crippen LogP contribution is -2.19. The van der Waals surface area contributed by atoms with Crippen LogP contribution in [0.3, 0.4) is 0 Å². The van der Waals surface area contributed by atoms with Crippen LogP contribution in [0.15, 0.2) is 54.6 Å². The molecule has 1 atom stereocenters. The summed E-state index contributed by atoms with van der Waals surface area (Å²) in [5.74, 6) is 0.00644. The Labute approximate surface area is 120 Å². The van der Waals surface area contributed by atoms with Crippen LogP contribution >= 0.6 is 0 Å². The van der Waals surface area contributed by atoms with Crippen LogP contribution in [0.4, 0.5) is 5.69 Å². The number of amides is 1. The Morgan fingerprint density at radius 2 is 1.70 bits per heavy atom. The molecule has 0 aliphatic carbocycles. The van der Waals surface area contributed by atoms with Gasteiger partial charge in [0.25, 0.3) is 0 Å². The van der Waals surface area contributed by atoms with Gasteiger partial charge in [0.05, 0.1) is 6.42 Å². The van der Waals surface area contributed by atoms with E-state index in [0.29, 0.717) is 6.42 Å². The van der Waals surface area contributed by atoms with Gasteiger partial charge >= 0.3 is 0 Å². The smallest absolute Gasteiger partial charge is 0.228 e. The third kappa shape index (κ3) is 3.68. The van der Waals surface area contributed by atoms with Crippen LogP contribution in [0.5, 0.6) is 0 Å². The number of rotatable bonds is 5. The predicted octanol–water partition coefficient (Wildman–Crippen LogP) is 3.15. The standard InChI is InChI=1S/C17H20N2O/c1-13(18-2)15-10-6-7-11-16(15)19-17(20)12-14-8-4-3-5-9-14/h3-11,13,18H,12H2,1-2H3,(H,19,20). The summed E-state index contributed by atoms with van der Waals surface area (Å²) in [5.41, 5.74) is 2.98. The highest BCUT2D eigenvalue weighted by Gasteiger charge is 2.10. The number of carbonyl (C=O) groups is 1. The van der Waals surface area contributed by atoms with E-state index in [-0.39, 0.29) is 11.9 Å².